The molecule has 1 aliphatic rings. The average molecular weight is 328 g/mol. The van der Waals surface area contributed by atoms with Crippen LogP contribution in [-0.2, 0) is 14.3 Å². The Kier molecular flexibility index (Phi) is 7.32. The Morgan fingerprint density at radius 2 is 1.78 bits per heavy atom. The molecule has 2 amide bonds. The van der Waals surface area contributed by atoms with Crippen molar-refractivity contribution in [2.24, 2.45) is 5.92 Å². The summed E-state index contributed by atoms with van der Waals surface area (Å²) in [5.41, 5.74) is -0.643. The number of aliphatic carboxylic acids is 1. The number of carboxylic acids is 1. The Hall–Kier alpha value is -1.79. The Morgan fingerprint density at radius 1 is 1.17 bits per heavy atom. The van der Waals surface area contributed by atoms with Gasteiger partial charge in [-0.05, 0) is 39.5 Å². The number of hydrogen-bond donors (Lipinski definition) is 2. The highest BCUT2D eigenvalue weighted by molar-refractivity contribution is 5.85. The molecule has 0 aromatic carbocycles. The molecule has 2 N–H and O–H groups in total. The number of alkyl carbamates (subject to hydrolysis) is 1. The fraction of sp³-hybridized carbons (Fsp3) is 0.812. The molecule has 0 unspecified atom stereocenters. The summed E-state index contributed by atoms with van der Waals surface area (Å²) in [5, 5.41) is 11.4. The van der Waals surface area contributed by atoms with Crippen molar-refractivity contribution in [1.29, 1.82) is 0 Å². The number of amides is 2. The first-order chi connectivity index (χ1) is 10.7. The van der Waals surface area contributed by atoms with E-state index in [-0.39, 0.29) is 13.1 Å². The van der Waals surface area contributed by atoms with Crippen LogP contribution in [0, 0.1) is 5.92 Å². The molecule has 1 rings (SSSR count). The molecule has 132 valence electrons. The molecule has 0 aromatic heterocycles. The van der Waals surface area contributed by atoms with Gasteiger partial charge in [0.1, 0.15) is 18.7 Å². The summed E-state index contributed by atoms with van der Waals surface area (Å²) >= 11 is 0. The normalized spacial score (nSPS) is 15.8. The Bertz CT molecular complexity index is 425. The summed E-state index contributed by atoms with van der Waals surface area (Å²) in [6.45, 7) is 5.03. The molecular weight excluding hydrogens is 300 g/mol. The number of ether oxygens (including phenoxy) is 1. The summed E-state index contributed by atoms with van der Waals surface area (Å²) < 4.78 is 5.06. The third-order valence-corrected chi connectivity index (χ3v) is 3.66. The maximum Gasteiger partial charge on any atom is 0.408 e. The van der Waals surface area contributed by atoms with E-state index >= 15 is 0 Å². The van der Waals surface area contributed by atoms with Crippen LogP contribution in [0.1, 0.15) is 52.9 Å². The van der Waals surface area contributed by atoms with Crippen molar-refractivity contribution >= 4 is 18.0 Å². The highest BCUT2D eigenvalue weighted by Crippen LogP contribution is 2.24. The number of nitrogens with zero attached hydrogens (tertiary/aromatic N) is 1. The second-order valence-corrected chi connectivity index (χ2v) is 7.03. The van der Waals surface area contributed by atoms with Gasteiger partial charge < -0.3 is 20.1 Å². The highest BCUT2D eigenvalue weighted by Gasteiger charge is 2.24. The minimum Gasteiger partial charge on any atom is -0.480 e. The molecule has 23 heavy (non-hydrogen) atoms. The molecular formula is C16H28N2O5. The van der Waals surface area contributed by atoms with Gasteiger partial charge in [-0.2, -0.15) is 0 Å². The number of rotatable bonds is 6. The summed E-state index contributed by atoms with van der Waals surface area (Å²) in [6, 6.07) is 0. The van der Waals surface area contributed by atoms with E-state index in [4.69, 9.17) is 9.84 Å². The minimum absolute atomic E-state index is 0.255. The Balaban J connectivity index is 2.50. The summed E-state index contributed by atoms with van der Waals surface area (Å²) in [5.74, 6) is -1.11. The van der Waals surface area contributed by atoms with Gasteiger partial charge in [0.15, 0.2) is 0 Å². The van der Waals surface area contributed by atoms with Crippen molar-refractivity contribution in [2.75, 3.05) is 19.6 Å². The van der Waals surface area contributed by atoms with Gasteiger partial charge >= 0.3 is 12.1 Å². The number of carboxylic acid groups (broad SMARTS) is 1. The van der Waals surface area contributed by atoms with E-state index < -0.39 is 23.6 Å². The first-order valence-corrected chi connectivity index (χ1v) is 8.14. The van der Waals surface area contributed by atoms with Crippen LogP contribution in [0.25, 0.3) is 0 Å². The minimum atomic E-state index is -1.05. The van der Waals surface area contributed by atoms with Gasteiger partial charge in [0, 0.05) is 6.54 Å². The molecule has 0 bridgehead atoms. The fourth-order valence-electron chi connectivity index (χ4n) is 2.67. The number of carbonyl (C=O) groups is 3. The second kappa shape index (κ2) is 8.74. The maximum absolute atomic E-state index is 12.2. The second-order valence-electron chi connectivity index (χ2n) is 7.03. The lowest BCUT2D eigenvalue weighted by molar-refractivity contribution is -0.144. The first kappa shape index (κ1) is 19.3. The van der Waals surface area contributed by atoms with Crippen LogP contribution in [0.5, 0.6) is 0 Å². The Morgan fingerprint density at radius 3 is 2.30 bits per heavy atom. The molecule has 1 fully saturated rings. The largest absolute Gasteiger partial charge is 0.480 e. The quantitative estimate of drug-likeness (QED) is 0.777. The summed E-state index contributed by atoms with van der Waals surface area (Å²) in [4.78, 5) is 36.1. The standard InChI is InChI=1S/C16H28N2O5/c1-16(2,3)23-15(22)17-9-13(19)18(11-14(20)21)10-12-7-5-4-6-8-12/h12H,4-11H2,1-3H3,(H,17,22)(H,20,21). The molecule has 0 aliphatic heterocycles. The van der Waals surface area contributed by atoms with Gasteiger partial charge in [0.05, 0.1) is 0 Å². The van der Waals surface area contributed by atoms with Crippen LogP contribution in [0.3, 0.4) is 0 Å². The highest BCUT2D eigenvalue weighted by atomic mass is 16.6. The molecule has 1 aliphatic carbocycles. The third kappa shape index (κ3) is 8.42. The molecule has 0 radical (unpaired) electrons. The lowest BCUT2D eigenvalue weighted by Gasteiger charge is -2.29. The molecule has 7 nitrogen and oxygen atoms in total. The lowest BCUT2D eigenvalue weighted by Crippen LogP contribution is -2.45. The fourth-order valence-corrected chi connectivity index (χ4v) is 2.67. The van der Waals surface area contributed by atoms with Crippen LogP contribution in [0.4, 0.5) is 4.79 Å². The molecule has 0 heterocycles. The molecule has 7 heteroatoms. The molecule has 0 saturated heterocycles. The monoisotopic (exact) mass is 328 g/mol. The molecule has 0 atom stereocenters. The van der Waals surface area contributed by atoms with Crippen LogP contribution < -0.4 is 5.32 Å². The van der Waals surface area contributed by atoms with Crippen molar-refractivity contribution in [3.05, 3.63) is 0 Å². The number of carbonyl (C=O) groups excluding carboxylic acids is 2. The van der Waals surface area contributed by atoms with Crippen molar-refractivity contribution in [1.82, 2.24) is 10.2 Å². The molecule has 0 spiro atoms. The van der Waals surface area contributed by atoms with Gasteiger partial charge in [0.25, 0.3) is 0 Å². The average Bonchev–Trinajstić information content (AvgIpc) is 2.43. The van der Waals surface area contributed by atoms with Crippen molar-refractivity contribution in [3.63, 3.8) is 0 Å². The van der Waals surface area contributed by atoms with Gasteiger partial charge in [-0.1, -0.05) is 19.3 Å². The van der Waals surface area contributed by atoms with E-state index in [2.05, 4.69) is 5.32 Å². The first-order valence-electron chi connectivity index (χ1n) is 8.14. The van der Waals surface area contributed by atoms with E-state index in [0.717, 1.165) is 25.7 Å². The van der Waals surface area contributed by atoms with E-state index in [0.29, 0.717) is 12.5 Å². The topological polar surface area (TPSA) is 95.9 Å². The maximum atomic E-state index is 12.2. The van der Waals surface area contributed by atoms with E-state index in [1.165, 1.54) is 11.3 Å². The van der Waals surface area contributed by atoms with Crippen LogP contribution in [-0.4, -0.2) is 53.2 Å². The van der Waals surface area contributed by atoms with Crippen LogP contribution in [0.15, 0.2) is 0 Å². The van der Waals surface area contributed by atoms with Crippen molar-refractivity contribution in [2.45, 2.75) is 58.5 Å². The van der Waals surface area contributed by atoms with E-state index in [1.807, 2.05) is 0 Å². The predicted molar refractivity (Wildman–Crippen MR) is 85.0 cm³/mol. The SMILES string of the molecule is CC(C)(C)OC(=O)NCC(=O)N(CC(=O)O)CC1CCCCC1. The van der Waals surface area contributed by atoms with Gasteiger partial charge in [-0.25, -0.2) is 4.79 Å². The number of nitrogens with one attached hydrogen (secondary N) is 1. The van der Waals surface area contributed by atoms with Crippen LogP contribution >= 0.6 is 0 Å². The molecule has 1 saturated carbocycles. The predicted octanol–water partition coefficient (Wildman–Crippen LogP) is 2.00. The zero-order valence-electron chi connectivity index (χ0n) is 14.3. The summed E-state index contributed by atoms with van der Waals surface area (Å²) in [7, 11) is 0. The Labute approximate surface area is 137 Å². The molecule has 0 aromatic rings. The van der Waals surface area contributed by atoms with Crippen molar-refractivity contribution in [3.8, 4) is 0 Å². The number of hydrogen-bond acceptors (Lipinski definition) is 4. The third-order valence-electron chi connectivity index (χ3n) is 3.66. The van der Waals surface area contributed by atoms with E-state index in [1.54, 1.807) is 20.8 Å². The zero-order chi connectivity index (χ0) is 17.5. The van der Waals surface area contributed by atoms with Crippen LogP contribution in [0.2, 0.25) is 0 Å². The van der Waals surface area contributed by atoms with Crippen molar-refractivity contribution < 1.29 is 24.2 Å². The summed E-state index contributed by atoms with van der Waals surface area (Å²) in [6.07, 6.45) is 4.79. The zero-order valence-corrected chi connectivity index (χ0v) is 14.3. The van der Waals surface area contributed by atoms with E-state index in [9.17, 15) is 14.4 Å². The van der Waals surface area contributed by atoms with Gasteiger partial charge in [-0.3, -0.25) is 9.59 Å². The van der Waals surface area contributed by atoms with Gasteiger partial charge in [-0.15, -0.1) is 0 Å². The van der Waals surface area contributed by atoms with Gasteiger partial charge in [0.2, 0.25) is 5.91 Å². The lowest BCUT2D eigenvalue weighted by atomic mass is 9.89. The smallest absolute Gasteiger partial charge is 0.408 e.